The summed E-state index contributed by atoms with van der Waals surface area (Å²) in [6, 6.07) is 4.95. The second kappa shape index (κ2) is 8.16. The zero-order valence-electron chi connectivity index (χ0n) is 16.2. The summed E-state index contributed by atoms with van der Waals surface area (Å²) in [6.45, 7) is 2.16. The molecule has 3 unspecified atom stereocenters. The van der Waals surface area contributed by atoms with Crippen molar-refractivity contribution in [2.75, 3.05) is 26.0 Å². The third-order valence-electron chi connectivity index (χ3n) is 5.45. The van der Waals surface area contributed by atoms with Crippen molar-refractivity contribution in [2.24, 2.45) is 5.92 Å². The number of hydrogen-bond acceptors (Lipinski definition) is 5. The van der Waals surface area contributed by atoms with Crippen LogP contribution in [0.2, 0.25) is 0 Å². The van der Waals surface area contributed by atoms with Gasteiger partial charge in [0, 0.05) is 25.8 Å². The lowest BCUT2D eigenvalue weighted by Gasteiger charge is -2.24. The fourth-order valence-corrected chi connectivity index (χ4v) is 5.06. The molecular weight excluding hydrogens is 366 g/mol. The van der Waals surface area contributed by atoms with Crippen LogP contribution in [0.25, 0.3) is 0 Å². The molecule has 27 heavy (non-hydrogen) atoms. The smallest absolute Gasteiger partial charge is 0.246 e. The number of amides is 1. The lowest BCUT2D eigenvalue weighted by molar-refractivity contribution is -0.117. The Labute approximate surface area is 161 Å². The van der Waals surface area contributed by atoms with Gasteiger partial charge in [-0.05, 0) is 50.3 Å². The number of nitrogens with zero attached hydrogens (tertiary/aromatic N) is 1. The number of anilines is 1. The van der Waals surface area contributed by atoms with Crippen LogP contribution < -0.4 is 15.4 Å². The van der Waals surface area contributed by atoms with E-state index in [0.717, 1.165) is 17.1 Å². The van der Waals surface area contributed by atoms with Crippen molar-refractivity contribution >= 4 is 21.6 Å². The first-order valence-electron chi connectivity index (χ1n) is 9.59. The molecule has 1 amide bonds. The van der Waals surface area contributed by atoms with Crippen LogP contribution in [-0.2, 0) is 14.8 Å². The van der Waals surface area contributed by atoms with Gasteiger partial charge in [0.05, 0.1) is 12.6 Å². The second-order valence-corrected chi connectivity index (χ2v) is 9.60. The largest absolute Gasteiger partial charge is 0.492 e. The number of benzene rings is 1. The van der Waals surface area contributed by atoms with Gasteiger partial charge in [-0.3, -0.25) is 4.79 Å². The predicted octanol–water partition coefficient (Wildman–Crippen LogP) is 2.19. The number of hydrogen-bond donors (Lipinski definition) is 2. The summed E-state index contributed by atoms with van der Waals surface area (Å²) < 4.78 is 31.8. The molecule has 1 aromatic carbocycles. The fraction of sp³-hybridized carbons (Fsp3) is 0.632. The van der Waals surface area contributed by atoms with Crippen molar-refractivity contribution in [2.45, 2.75) is 56.0 Å². The Balaban J connectivity index is 1.78. The van der Waals surface area contributed by atoms with Gasteiger partial charge in [-0.15, -0.1) is 0 Å². The van der Waals surface area contributed by atoms with E-state index >= 15 is 0 Å². The van der Waals surface area contributed by atoms with E-state index in [0.29, 0.717) is 24.3 Å². The molecule has 1 saturated carbocycles. The van der Waals surface area contributed by atoms with E-state index in [1.807, 2.05) is 0 Å². The lowest BCUT2D eigenvalue weighted by atomic mass is 9.85. The van der Waals surface area contributed by atoms with Crippen molar-refractivity contribution in [3.63, 3.8) is 0 Å². The highest BCUT2D eigenvalue weighted by molar-refractivity contribution is 7.89. The van der Waals surface area contributed by atoms with Crippen molar-refractivity contribution < 1.29 is 17.9 Å². The molecule has 0 bridgehead atoms. The molecule has 8 heteroatoms. The molecule has 0 aromatic heterocycles. The van der Waals surface area contributed by atoms with E-state index in [9.17, 15) is 13.2 Å². The van der Waals surface area contributed by atoms with E-state index in [1.54, 1.807) is 19.1 Å². The average molecular weight is 396 g/mol. The second-order valence-electron chi connectivity index (χ2n) is 7.48. The number of nitrogens with one attached hydrogen (secondary N) is 2. The molecule has 2 N–H and O–H groups in total. The Morgan fingerprint density at radius 3 is 2.70 bits per heavy atom. The monoisotopic (exact) mass is 395 g/mol. The van der Waals surface area contributed by atoms with E-state index in [2.05, 4.69) is 10.6 Å². The molecule has 2 fully saturated rings. The van der Waals surface area contributed by atoms with E-state index < -0.39 is 10.0 Å². The minimum Gasteiger partial charge on any atom is -0.492 e. The number of carbonyl (C=O) groups is 1. The minimum atomic E-state index is -3.68. The normalized spacial score (nSPS) is 25.3. The summed E-state index contributed by atoms with van der Waals surface area (Å²) in [4.78, 5) is 12.8. The first-order chi connectivity index (χ1) is 12.8. The summed E-state index contributed by atoms with van der Waals surface area (Å²) in [5, 5.41) is 6.32. The predicted molar refractivity (Wildman–Crippen MR) is 104 cm³/mol. The topological polar surface area (TPSA) is 87.7 Å². The summed E-state index contributed by atoms with van der Waals surface area (Å²) >= 11 is 0. The lowest BCUT2D eigenvalue weighted by Crippen LogP contribution is -2.39. The van der Waals surface area contributed by atoms with Crippen LogP contribution >= 0.6 is 0 Å². The van der Waals surface area contributed by atoms with Gasteiger partial charge in [0.15, 0.2) is 0 Å². The maximum atomic E-state index is 12.7. The molecule has 1 aliphatic heterocycles. The Kier molecular flexibility index (Phi) is 6.08. The van der Waals surface area contributed by atoms with E-state index in [4.69, 9.17) is 4.74 Å². The molecule has 2 aliphatic rings. The van der Waals surface area contributed by atoms with Crippen LogP contribution in [0.5, 0.6) is 5.75 Å². The first-order valence-corrected chi connectivity index (χ1v) is 11.0. The first kappa shape index (κ1) is 20.1. The summed E-state index contributed by atoms with van der Waals surface area (Å²) in [7, 11) is -0.737. The zero-order chi connectivity index (χ0) is 19.6. The molecule has 1 aliphatic carbocycles. The molecule has 3 rings (SSSR count). The third-order valence-corrected chi connectivity index (χ3v) is 7.29. The van der Waals surface area contributed by atoms with Gasteiger partial charge in [0.25, 0.3) is 0 Å². The van der Waals surface area contributed by atoms with Crippen LogP contribution in [0, 0.1) is 5.92 Å². The SMILES string of the molecule is CCOc1ccc(NC(=O)C2CC3CCCCC3N2)cc1S(=O)(=O)N(C)C. The molecule has 1 saturated heterocycles. The molecule has 150 valence electrons. The molecule has 3 atom stereocenters. The van der Waals surface area contributed by atoms with Crippen LogP contribution in [0.15, 0.2) is 23.1 Å². The van der Waals surface area contributed by atoms with Crippen molar-refractivity contribution in [3.05, 3.63) is 18.2 Å². The summed E-state index contributed by atoms with van der Waals surface area (Å²) in [5.41, 5.74) is 0.459. The third kappa shape index (κ3) is 4.28. The standard InChI is InChI=1S/C19H29N3O4S/c1-4-26-17-10-9-14(12-18(17)27(24,25)22(2)3)20-19(23)16-11-13-7-5-6-8-15(13)21-16/h9-10,12-13,15-16,21H,4-8,11H2,1-3H3,(H,20,23). The number of carbonyl (C=O) groups excluding carboxylic acids is 1. The van der Waals surface area contributed by atoms with Crippen LogP contribution in [0.1, 0.15) is 39.0 Å². The van der Waals surface area contributed by atoms with Gasteiger partial charge in [0.2, 0.25) is 15.9 Å². The Morgan fingerprint density at radius 2 is 2.04 bits per heavy atom. The quantitative estimate of drug-likeness (QED) is 0.771. The van der Waals surface area contributed by atoms with Gasteiger partial charge in [-0.25, -0.2) is 12.7 Å². The number of rotatable bonds is 6. The molecular formula is C19H29N3O4S. The summed E-state index contributed by atoms with van der Waals surface area (Å²) in [6.07, 6.45) is 5.60. The van der Waals surface area contributed by atoms with E-state index in [1.165, 1.54) is 39.4 Å². The maximum Gasteiger partial charge on any atom is 0.246 e. The van der Waals surface area contributed by atoms with Crippen LogP contribution in [-0.4, -0.2) is 51.4 Å². The van der Waals surface area contributed by atoms with Crippen molar-refractivity contribution in [1.29, 1.82) is 0 Å². The van der Waals surface area contributed by atoms with Crippen molar-refractivity contribution in [3.8, 4) is 5.75 Å². The average Bonchev–Trinajstić information content (AvgIpc) is 3.07. The highest BCUT2D eigenvalue weighted by Gasteiger charge is 2.38. The fourth-order valence-electron chi connectivity index (χ4n) is 4.01. The van der Waals surface area contributed by atoms with Gasteiger partial charge in [0.1, 0.15) is 10.6 Å². The van der Waals surface area contributed by atoms with Gasteiger partial charge in [-0.2, -0.15) is 0 Å². The van der Waals surface area contributed by atoms with Crippen LogP contribution in [0.4, 0.5) is 5.69 Å². The molecule has 1 aromatic rings. The number of ether oxygens (including phenoxy) is 1. The molecule has 0 radical (unpaired) electrons. The molecule has 0 spiro atoms. The van der Waals surface area contributed by atoms with Crippen molar-refractivity contribution in [1.82, 2.24) is 9.62 Å². The minimum absolute atomic E-state index is 0.0557. The Hall–Kier alpha value is -1.64. The molecule has 1 heterocycles. The highest BCUT2D eigenvalue weighted by Crippen LogP contribution is 2.34. The number of sulfonamides is 1. The van der Waals surface area contributed by atoms with Gasteiger partial charge in [-0.1, -0.05) is 12.8 Å². The molecule has 7 nitrogen and oxygen atoms in total. The Morgan fingerprint density at radius 1 is 1.30 bits per heavy atom. The summed E-state index contributed by atoms with van der Waals surface area (Å²) in [5.74, 6) is 0.746. The Bertz CT molecular complexity index is 780. The van der Waals surface area contributed by atoms with Gasteiger partial charge >= 0.3 is 0 Å². The highest BCUT2D eigenvalue weighted by atomic mass is 32.2. The zero-order valence-corrected chi connectivity index (χ0v) is 17.0. The number of fused-ring (bicyclic) bond motifs is 1. The van der Waals surface area contributed by atoms with E-state index in [-0.39, 0.29) is 22.6 Å². The maximum absolute atomic E-state index is 12.7. The van der Waals surface area contributed by atoms with Gasteiger partial charge < -0.3 is 15.4 Å². The van der Waals surface area contributed by atoms with Crippen LogP contribution in [0.3, 0.4) is 0 Å².